The second kappa shape index (κ2) is 5.17. The van der Waals surface area contributed by atoms with Crippen LogP contribution in [0.25, 0.3) is 0 Å². The Morgan fingerprint density at radius 1 is 1.17 bits per heavy atom. The zero-order valence-corrected chi connectivity index (χ0v) is 15.9. The van der Waals surface area contributed by atoms with E-state index in [4.69, 9.17) is 0 Å². The summed E-state index contributed by atoms with van der Waals surface area (Å²) in [6, 6.07) is 0. The fourth-order valence-corrected chi connectivity index (χ4v) is 6.80. The normalized spacial score (nSPS) is 53.9. The lowest BCUT2D eigenvalue weighted by Gasteiger charge is -2.65. The van der Waals surface area contributed by atoms with Crippen LogP contribution < -0.4 is 0 Å². The van der Waals surface area contributed by atoms with Gasteiger partial charge in [-0.25, -0.2) is 0 Å². The van der Waals surface area contributed by atoms with Crippen LogP contribution in [-0.4, -0.2) is 28.2 Å². The largest absolute Gasteiger partial charge is 0.392 e. The zero-order chi connectivity index (χ0) is 18.1. The molecule has 3 heteroatoms. The molecule has 0 spiro atoms. The molecule has 2 bridgehead atoms. The fraction of sp³-hybridized carbons (Fsp3) is 0.857. The molecule has 3 nitrogen and oxygen atoms in total. The monoisotopic (exact) mass is 334 g/mol. The molecule has 7 unspecified atom stereocenters. The molecule has 3 aliphatic rings. The highest BCUT2D eigenvalue weighted by Crippen LogP contribution is 2.71. The number of hydrogen-bond acceptors (Lipinski definition) is 3. The lowest BCUT2D eigenvalue weighted by Crippen LogP contribution is -2.65. The number of ketones is 1. The highest BCUT2D eigenvalue weighted by molar-refractivity contribution is 5.85. The van der Waals surface area contributed by atoms with Gasteiger partial charge in [0.05, 0.1) is 12.2 Å². The highest BCUT2D eigenvalue weighted by atomic mass is 16.3. The van der Waals surface area contributed by atoms with Crippen molar-refractivity contribution in [3.05, 3.63) is 12.7 Å². The maximum Gasteiger partial charge on any atom is 0.137 e. The smallest absolute Gasteiger partial charge is 0.137 e. The van der Waals surface area contributed by atoms with Crippen molar-refractivity contribution in [3.8, 4) is 0 Å². The van der Waals surface area contributed by atoms with E-state index in [2.05, 4.69) is 34.3 Å². The summed E-state index contributed by atoms with van der Waals surface area (Å²) >= 11 is 0. The first kappa shape index (κ1) is 18.1. The van der Waals surface area contributed by atoms with E-state index < -0.39 is 28.5 Å². The summed E-state index contributed by atoms with van der Waals surface area (Å²) in [6.45, 7) is 14.6. The minimum Gasteiger partial charge on any atom is -0.392 e. The average Bonchev–Trinajstić information content (AvgIpc) is 2.88. The van der Waals surface area contributed by atoms with Gasteiger partial charge in [0.2, 0.25) is 0 Å². The number of Topliss-reactive ketones (excluding diaryl/α,β-unsaturated/α-hetero) is 1. The first-order valence-electron chi connectivity index (χ1n) is 9.50. The second-order valence-corrected chi connectivity index (χ2v) is 9.92. The van der Waals surface area contributed by atoms with Crippen molar-refractivity contribution in [1.82, 2.24) is 0 Å². The van der Waals surface area contributed by atoms with Crippen molar-refractivity contribution in [2.24, 2.45) is 33.5 Å². The maximum atomic E-state index is 13.0. The maximum absolute atomic E-state index is 13.0. The molecule has 2 N–H and O–H groups in total. The third-order valence-electron chi connectivity index (χ3n) is 8.81. The molecular formula is C21H34O3. The molecule has 3 rings (SSSR count). The minimum atomic E-state index is -0.622. The molecule has 3 aliphatic carbocycles. The molecule has 0 aromatic rings. The first-order valence-corrected chi connectivity index (χ1v) is 9.50. The summed E-state index contributed by atoms with van der Waals surface area (Å²) in [4.78, 5) is 13.0. The van der Waals surface area contributed by atoms with Gasteiger partial charge >= 0.3 is 0 Å². The number of rotatable bonds is 1. The topological polar surface area (TPSA) is 57.5 Å². The van der Waals surface area contributed by atoms with E-state index in [9.17, 15) is 15.0 Å². The Morgan fingerprint density at radius 2 is 1.79 bits per heavy atom. The van der Waals surface area contributed by atoms with Crippen molar-refractivity contribution >= 4 is 5.78 Å². The number of aliphatic hydroxyl groups excluding tert-OH is 2. The Hall–Kier alpha value is -0.670. The van der Waals surface area contributed by atoms with Crippen LogP contribution in [0.3, 0.4) is 0 Å². The van der Waals surface area contributed by atoms with Crippen molar-refractivity contribution in [3.63, 3.8) is 0 Å². The van der Waals surface area contributed by atoms with Gasteiger partial charge in [-0.2, -0.15) is 0 Å². The van der Waals surface area contributed by atoms with Crippen LogP contribution in [0, 0.1) is 33.5 Å². The molecule has 0 aromatic heterocycles. The van der Waals surface area contributed by atoms with Gasteiger partial charge in [-0.1, -0.05) is 40.7 Å². The molecule has 0 radical (unpaired) electrons. The summed E-state index contributed by atoms with van der Waals surface area (Å²) < 4.78 is 0. The van der Waals surface area contributed by atoms with E-state index in [-0.39, 0.29) is 11.3 Å². The predicted molar refractivity (Wildman–Crippen MR) is 95.4 cm³/mol. The van der Waals surface area contributed by atoms with Gasteiger partial charge in [-0.3, -0.25) is 4.79 Å². The first-order chi connectivity index (χ1) is 11.0. The predicted octanol–water partition coefficient (Wildman–Crippen LogP) is 3.73. The third-order valence-corrected chi connectivity index (χ3v) is 8.81. The van der Waals surface area contributed by atoms with Gasteiger partial charge in [-0.05, 0) is 42.4 Å². The Kier molecular flexibility index (Phi) is 3.91. The van der Waals surface area contributed by atoms with Crippen molar-refractivity contribution in [2.45, 2.75) is 78.9 Å². The zero-order valence-electron chi connectivity index (χ0n) is 15.9. The number of aliphatic hydroxyl groups is 2. The van der Waals surface area contributed by atoms with Crippen LogP contribution in [0.2, 0.25) is 0 Å². The van der Waals surface area contributed by atoms with Crippen molar-refractivity contribution < 1.29 is 15.0 Å². The summed E-state index contributed by atoms with van der Waals surface area (Å²) in [5.41, 5.74) is -1.59. The van der Waals surface area contributed by atoms with Crippen LogP contribution in [0.4, 0.5) is 0 Å². The van der Waals surface area contributed by atoms with Gasteiger partial charge in [0, 0.05) is 23.2 Å². The SMILES string of the molecule is C=CC1(C)CC(O)C2(C)C(C)CCC3(CCC(=O)C23)C(C)(C)C1O. The van der Waals surface area contributed by atoms with Gasteiger partial charge in [0.25, 0.3) is 0 Å². The minimum absolute atomic E-state index is 0.150. The van der Waals surface area contributed by atoms with Gasteiger partial charge in [-0.15, -0.1) is 6.58 Å². The lowest BCUT2D eigenvalue weighted by atomic mass is 9.40. The summed E-state index contributed by atoms with van der Waals surface area (Å²) in [7, 11) is 0. The quantitative estimate of drug-likeness (QED) is 0.718. The molecule has 3 saturated carbocycles. The van der Waals surface area contributed by atoms with Gasteiger partial charge in [0.1, 0.15) is 5.78 Å². The average molecular weight is 334 g/mol. The molecule has 24 heavy (non-hydrogen) atoms. The summed E-state index contributed by atoms with van der Waals surface area (Å²) in [6.07, 6.45) is 4.45. The van der Waals surface area contributed by atoms with E-state index in [0.717, 1.165) is 19.3 Å². The summed E-state index contributed by atoms with van der Waals surface area (Å²) in [5, 5.41) is 22.6. The van der Waals surface area contributed by atoms with Gasteiger partial charge < -0.3 is 10.2 Å². The molecule has 0 saturated heterocycles. The molecule has 0 amide bonds. The number of carbonyl (C=O) groups excluding carboxylic acids is 1. The number of carbonyl (C=O) groups is 1. The molecule has 7 atom stereocenters. The third kappa shape index (κ3) is 1.89. The van der Waals surface area contributed by atoms with Crippen molar-refractivity contribution in [1.29, 1.82) is 0 Å². The van der Waals surface area contributed by atoms with E-state index >= 15 is 0 Å². The van der Waals surface area contributed by atoms with E-state index in [0.29, 0.717) is 24.5 Å². The molecule has 0 aliphatic heterocycles. The van der Waals surface area contributed by atoms with Gasteiger partial charge in [0.15, 0.2) is 0 Å². The lowest BCUT2D eigenvalue weighted by molar-refractivity contribution is -0.220. The van der Waals surface area contributed by atoms with Crippen LogP contribution in [-0.2, 0) is 4.79 Å². The second-order valence-electron chi connectivity index (χ2n) is 9.92. The molecular weight excluding hydrogens is 300 g/mol. The Labute approximate surface area is 146 Å². The molecule has 0 aromatic carbocycles. The molecule has 3 fully saturated rings. The standard InChI is InChI=1S/C21H34O3/c1-7-19(5)12-15(23)20(6)13(2)8-10-21(18(3,4)17(19)24)11-9-14(22)16(20)21/h7,13,15-17,23-24H,1,8-12H2,2-6H3. The van der Waals surface area contributed by atoms with Crippen LogP contribution in [0.15, 0.2) is 12.7 Å². The fourth-order valence-electron chi connectivity index (χ4n) is 6.80. The van der Waals surface area contributed by atoms with Crippen LogP contribution in [0.5, 0.6) is 0 Å². The Morgan fingerprint density at radius 3 is 2.38 bits per heavy atom. The Balaban J connectivity index is 2.28. The van der Waals surface area contributed by atoms with Crippen LogP contribution >= 0.6 is 0 Å². The van der Waals surface area contributed by atoms with E-state index in [1.807, 2.05) is 13.0 Å². The number of hydrogen-bond donors (Lipinski definition) is 2. The molecule has 136 valence electrons. The van der Waals surface area contributed by atoms with E-state index in [1.165, 1.54) is 0 Å². The van der Waals surface area contributed by atoms with Crippen molar-refractivity contribution in [2.75, 3.05) is 0 Å². The van der Waals surface area contributed by atoms with Crippen LogP contribution in [0.1, 0.15) is 66.7 Å². The Bertz CT molecular complexity index is 567. The molecule has 0 heterocycles. The van der Waals surface area contributed by atoms with E-state index in [1.54, 1.807) is 0 Å². The summed E-state index contributed by atoms with van der Waals surface area (Å²) in [5.74, 6) is 0.445. The highest BCUT2D eigenvalue weighted by Gasteiger charge is 2.70.